The van der Waals surface area contributed by atoms with Gasteiger partial charge in [0.2, 0.25) is 5.88 Å². The fraction of sp³-hybridized carbons (Fsp3) is 0.231. The minimum Gasteiger partial charge on any atom is -0.439 e. The number of ether oxygens (including phenoxy) is 1. The van der Waals surface area contributed by atoms with E-state index in [9.17, 15) is 0 Å². The van der Waals surface area contributed by atoms with Gasteiger partial charge in [-0.3, -0.25) is 0 Å². The number of benzene rings is 1. The highest BCUT2D eigenvalue weighted by molar-refractivity contribution is 9.10. The predicted molar refractivity (Wildman–Crippen MR) is 75.3 cm³/mol. The largest absolute Gasteiger partial charge is 0.439 e. The van der Waals surface area contributed by atoms with Crippen molar-refractivity contribution in [2.45, 2.75) is 19.8 Å². The van der Waals surface area contributed by atoms with Gasteiger partial charge in [0.1, 0.15) is 17.2 Å². The number of nitrogens with zero attached hydrogens (tertiary/aromatic N) is 2. The van der Waals surface area contributed by atoms with Crippen LogP contribution in [-0.2, 0) is 6.42 Å². The van der Waals surface area contributed by atoms with E-state index in [1.165, 1.54) is 6.33 Å². The minimum absolute atomic E-state index is 0.455. The Hall–Kier alpha value is -1.13. The molecule has 0 bridgehead atoms. The average molecular weight is 328 g/mol. The molecular formula is C13H12BrClN2O. The van der Waals surface area contributed by atoms with Crippen LogP contribution in [0.25, 0.3) is 0 Å². The highest BCUT2D eigenvalue weighted by atomic mass is 79.9. The topological polar surface area (TPSA) is 35.0 Å². The zero-order valence-corrected chi connectivity index (χ0v) is 12.2. The molecule has 0 fully saturated rings. The Morgan fingerprint density at radius 3 is 2.89 bits per heavy atom. The zero-order valence-electron chi connectivity index (χ0n) is 9.86. The van der Waals surface area contributed by atoms with Crippen LogP contribution < -0.4 is 4.74 Å². The molecule has 1 aromatic heterocycles. The van der Waals surface area contributed by atoms with Crippen LogP contribution in [0.4, 0.5) is 0 Å². The summed E-state index contributed by atoms with van der Waals surface area (Å²) in [6, 6.07) is 7.59. The Labute approximate surface area is 119 Å². The van der Waals surface area contributed by atoms with E-state index in [4.69, 9.17) is 16.3 Å². The van der Waals surface area contributed by atoms with Crippen LogP contribution in [0, 0.1) is 0 Å². The fourth-order valence-corrected chi connectivity index (χ4v) is 2.16. The highest BCUT2D eigenvalue weighted by Crippen LogP contribution is 2.29. The number of aromatic nitrogens is 2. The van der Waals surface area contributed by atoms with Crippen LogP contribution in [0.5, 0.6) is 11.6 Å². The van der Waals surface area contributed by atoms with E-state index in [0.29, 0.717) is 11.0 Å². The van der Waals surface area contributed by atoms with Gasteiger partial charge in [0, 0.05) is 4.47 Å². The van der Waals surface area contributed by atoms with Crippen molar-refractivity contribution in [3.8, 4) is 11.6 Å². The number of hydrogen-bond donors (Lipinski definition) is 0. The molecule has 0 N–H and O–H groups in total. The van der Waals surface area contributed by atoms with E-state index in [-0.39, 0.29) is 0 Å². The van der Waals surface area contributed by atoms with Crippen molar-refractivity contribution in [3.63, 3.8) is 0 Å². The summed E-state index contributed by atoms with van der Waals surface area (Å²) >= 11 is 9.47. The first-order chi connectivity index (χ1) is 8.70. The number of rotatable bonds is 4. The standard InChI is InChI=1S/C13H12BrClN2O/c1-2-4-11-12(15)16-8-17-13(11)18-10-6-3-5-9(14)7-10/h3,5-8H,2,4H2,1H3. The molecule has 0 saturated heterocycles. The van der Waals surface area contributed by atoms with Crippen LogP contribution in [0.1, 0.15) is 18.9 Å². The second-order valence-corrected chi connectivity index (χ2v) is 5.03. The lowest BCUT2D eigenvalue weighted by molar-refractivity contribution is 0.453. The third-order valence-electron chi connectivity index (χ3n) is 2.36. The van der Waals surface area contributed by atoms with Crippen molar-refractivity contribution in [1.82, 2.24) is 9.97 Å². The highest BCUT2D eigenvalue weighted by Gasteiger charge is 2.11. The third-order valence-corrected chi connectivity index (χ3v) is 3.18. The molecule has 1 aromatic carbocycles. The maximum atomic E-state index is 6.07. The number of hydrogen-bond acceptors (Lipinski definition) is 3. The first kappa shape index (κ1) is 13.3. The lowest BCUT2D eigenvalue weighted by atomic mass is 10.2. The molecule has 94 valence electrons. The molecule has 0 atom stereocenters. The molecule has 0 unspecified atom stereocenters. The van der Waals surface area contributed by atoms with Gasteiger partial charge in [-0.15, -0.1) is 0 Å². The molecule has 3 nitrogen and oxygen atoms in total. The van der Waals surface area contributed by atoms with E-state index in [0.717, 1.165) is 28.6 Å². The lowest BCUT2D eigenvalue weighted by Crippen LogP contribution is -1.97. The molecule has 0 amide bonds. The van der Waals surface area contributed by atoms with Gasteiger partial charge in [-0.1, -0.05) is 46.9 Å². The van der Waals surface area contributed by atoms with Crippen LogP contribution >= 0.6 is 27.5 Å². The molecule has 18 heavy (non-hydrogen) atoms. The quantitative estimate of drug-likeness (QED) is 0.767. The molecule has 2 aromatic rings. The summed E-state index contributed by atoms with van der Waals surface area (Å²) in [6.45, 7) is 2.08. The van der Waals surface area contributed by atoms with Gasteiger partial charge in [0.25, 0.3) is 0 Å². The molecule has 5 heteroatoms. The summed E-state index contributed by atoms with van der Waals surface area (Å²) in [7, 11) is 0. The van der Waals surface area contributed by atoms with Crippen LogP contribution in [0.15, 0.2) is 35.1 Å². The van der Waals surface area contributed by atoms with Crippen molar-refractivity contribution >= 4 is 27.5 Å². The van der Waals surface area contributed by atoms with Crippen molar-refractivity contribution in [2.75, 3.05) is 0 Å². The summed E-state index contributed by atoms with van der Waals surface area (Å²) < 4.78 is 6.71. The molecule has 0 spiro atoms. The van der Waals surface area contributed by atoms with E-state index in [1.807, 2.05) is 24.3 Å². The molecule has 0 aliphatic carbocycles. The number of halogens is 2. The molecule has 0 aliphatic rings. The van der Waals surface area contributed by atoms with E-state index >= 15 is 0 Å². The minimum atomic E-state index is 0.455. The molecule has 0 aliphatic heterocycles. The maximum absolute atomic E-state index is 6.07. The predicted octanol–water partition coefficient (Wildman–Crippen LogP) is 4.64. The Bertz CT molecular complexity index is 548. The normalized spacial score (nSPS) is 10.4. The van der Waals surface area contributed by atoms with Gasteiger partial charge in [-0.2, -0.15) is 0 Å². The summed E-state index contributed by atoms with van der Waals surface area (Å²) in [4.78, 5) is 8.13. The second-order valence-electron chi connectivity index (χ2n) is 3.76. The molecule has 2 rings (SSSR count). The zero-order chi connectivity index (χ0) is 13.0. The maximum Gasteiger partial charge on any atom is 0.227 e. The van der Waals surface area contributed by atoms with E-state index < -0.39 is 0 Å². The first-order valence-corrected chi connectivity index (χ1v) is 6.80. The van der Waals surface area contributed by atoms with Crippen molar-refractivity contribution < 1.29 is 4.74 Å². The molecule has 0 saturated carbocycles. The van der Waals surface area contributed by atoms with Gasteiger partial charge in [0.15, 0.2) is 0 Å². The summed E-state index contributed by atoms with van der Waals surface area (Å²) in [5.74, 6) is 1.24. The average Bonchev–Trinajstić information content (AvgIpc) is 2.34. The molecular weight excluding hydrogens is 316 g/mol. The SMILES string of the molecule is CCCc1c(Cl)ncnc1Oc1cccc(Br)c1. The van der Waals surface area contributed by atoms with E-state index in [1.54, 1.807) is 0 Å². The van der Waals surface area contributed by atoms with Crippen LogP contribution in [0.2, 0.25) is 5.15 Å². The fourth-order valence-electron chi connectivity index (χ4n) is 1.57. The van der Waals surface area contributed by atoms with Gasteiger partial charge >= 0.3 is 0 Å². The summed E-state index contributed by atoms with van der Waals surface area (Å²) in [5.41, 5.74) is 0.849. The summed E-state index contributed by atoms with van der Waals surface area (Å²) in [6.07, 6.45) is 3.17. The second kappa shape index (κ2) is 6.16. The van der Waals surface area contributed by atoms with Gasteiger partial charge in [-0.25, -0.2) is 9.97 Å². The lowest BCUT2D eigenvalue weighted by Gasteiger charge is -2.10. The van der Waals surface area contributed by atoms with Gasteiger partial charge < -0.3 is 4.74 Å². The van der Waals surface area contributed by atoms with Crippen molar-refractivity contribution in [1.29, 1.82) is 0 Å². The van der Waals surface area contributed by atoms with Crippen molar-refractivity contribution in [2.24, 2.45) is 0 Å². The van der Waals surface area contributed by atoms with Crippen LogP contribution in [0.3, 0.4) is 0 Å². The Morgan fingerprint density at radius 1 is 1.33 bits per heavy atom. The molecule has 0 radical (unpaired) electrons. The summed E-state index contributed by atoms with van der Waals surface area (Å²) in [5, 5.41) is 0.455. The van der Waals surface area contributed by atoms with Gasteiger partial charge in [-0.05, 0) is 24.6 Å². The Morgan fingerprint density at radius 2 is 2.17 bits per heavy atom. The monoisotopic (exact) mass is 326 g/mol. The van der Waals surface area contributed by atoms with E-state index in [2.05, 4.69) is 32.8 Å². The smallest absolute Gasteiger partial charge is 0.227 e. The third kappa shape index (κ3) is 3.21. The van der Waals surface area contributed by atoms with Gasteiger partial charge in [0.05, 0.1) is 5.56 Å². The molecule has 1 heterocycles. The first-order valence-electron chi connectivity index (χ1n) is 5.63. The Balaban J connectivity index is 2.31. The van der Waals surface area contributed by atoms with Crippen molar-refractivity contribution in [3.05, 3.63) is 45.8 Å². The Kier molecular flexibility index (Phi) is 4.55. The van der Waals surface area contributed by atoms with Crippen LogP contribution in [-0.4, -0.2) is 9.97 Å².